The topological polar surface area (TPSA) is 38.7 Å². The molecule has 0 saturated carbocycles. The van der Waals surface area contributed by atoms with E-state index in [0.29, 0.717) is 24.5 Å². The van der Waals surface area contributed by atoms with Crippen LogP contribution in [0.1, 0.15) is 31.9 Å². The number of hydrogen-bond acceptors (Lipinski definition) is 3. The van der Waals surface area contributed by atoms with Gasteiger partial charge >= 0.3 is 0 Å². The fourth-order valence-corrected chi connectivity index (χ4v) is 1.45. The summed E-state index contributed by atoms with van der Waals surface area (Å²) in [7, 11) is 1.60. The first-order valence-electron chi connectivity index (χ1n) is 5.57. The van der Waals surface area contributed by atoms with Gasteiger partial charge in [-0.1, -0.05) is 0 Å². The molecule has 0 radical (unpaired) electrons. The zero-order valence-corrected chi connectivity index (χ0v) is 10.5. The molecule has 3 nitrogen and oxygen atoms in total. The second kappa shape index (κ2) is 6.82. The van der Waals surface area contributed by atoms with Crippen LogP contribution in [0.4, 0.5) is 0 Å². The maximum absolute atomic E-state index is 9.62. The lowest BCUT2D eigenvalue weighted by Crippen LogP contribution is -2.02. The van der Waals surface area contributed by atoms with Gasteiger partial charge in [0.15, 0.2) is 0 Å². The summed E-state index contributed by atoms with van der Waals surface area (Å²) >= 11 is 0. The smallest absolute Gasteiger partial charge is 0.128 e. The summed E-state index contributed by atoms with van der Waals surface area (Å²) in [6, 6.07) is 5.40. The molecule has 3 heteroatoms. The molecule has 1 rings (SSSR count). The zero-order chi connectivity index (χ0) is 12.7. The van der Waals surface area contributed by atoms with Gasteiger partial charge in [-0.2, -0.15) is 0 Å². The lowest BCUT2D eigenvalue weighted by Gasteiger charge is -2.14. The van der Waals surface area contributed by atoms with Gasteiger partial charge in [-0.15, -0.1) is 11.8 Å². The van der Waals surface area contributed by atoms with Gasteiger partial charge in [0.2, 0.25) is 0 Å². The van der Waals surface area contributed by atoms with Crippen molar-refractivity contribution in [2.24, 2.45) is 0 Å². The zero-order valence-electron chi connectivity index (χ0n) is 10.5. The van der Waals surface area contributed by atoms with Crippen LogP contribution in [0.15, 0.2) is 18.2 Å². The number of rotatable bonds is 5. The Balaban J connectivity index is 2.80. The van der Waals surface area contributed by atoms with Crippen molar-refractivity contribution in [3.05, 3.63) is 23.8 Å². The number of benzene rings is 1. The summed E-state index contributed by atoms with van der Waals surface area (Å²) in [6.45, 7) is 4.01. The molecule has 1 aromatic rings. The van der Waals surface area contributed by atoms with Crippen LogP contribution < -0.4 is 9.47 Å². The van der Waals surface area contributed by atoms with Crippen LogP contribution >= 0.6 is 0 Å². The highest BCUT2D eigenvalue weighted by Gasteiger charge is 2.10. The normalized spacial score (nSPS) is 11.3. The third-order valence-electron chi connectivity index (χ3n) is 2.33. The van der Waals surface area contributed by atoms with E-state index in [2.05, 4.69) is 11.8 Å². The minimum atomic E-state index is -0.562. The minimum Gasteiger partial charge on any atom is -0.497 e. The van der Waals surface area contributed by atoms with Crippen molar-refractivity contribution in [2.45, 2.75) is 26.4 Å². The molecular formula is C14H18O3. The lowest BCUT2D eigenvalue weighted by molar-refractivity contribution is 0.191. The summed E-state index contributed by atoms with van der Waals surface area (Å²) < 4.78 is 10.7. The molecule has 0 saturated heterocycles. The molecule has 1 N–H and O–H groups in total. The Bertz CT molecular complexity index is 413. The molecule has 92 valence electrons. The van der Waals surface area contributed by atoms with Crippen molar-refractivity contribution >= 4 is 0 Å². The number of ether oxygens (including phenoxy) is 2. The second-order valence-corrected chi connectivity index (χ2v) is 3.60. The van der Waals surface area contributed by atoms with E-state index in [-0.39, 0.29) is 0 Å². The number of aliphatic hydroxyl groups is 1. The molecule has 0 aromatic heterocycles. The first-order chi connectivity index (χ1) is 8.19. The second-order valence-electron chi connectivity index (χ2n) is 3.60. The Labute approximate surface area is 102 Å². The van der Waals surface area contributed by atoms with E-state index in [0.717, 1.165) is 5.56 Å². The van der Waals surface area contributed by atoms with Gasteiger partial charge in [-0.3, -0.25) is 0 Å². The van der Waals surface area contributed by atoms with Gasteiger partial charge in [-0.05, 0) is 26.0 Å². The molecule has 1 aromatic carbocycles. The van der Waals surface area contributed by atoms with E-state index in [9.17, 15) is 5.11 Å². The summed E-state index contributed by atoms with van der Waals surface area (Å²) in [5.41, 5.74) is 0.759. The molecule has 0 heterocycles. The van der Waals surface area contributed by atoms with Crippen molar-refractivity contribution in [2.75, 3.05) is 13.7 Å². The van der Waals surface area contributed by atoms with Crippen LogP contribution in [0.5, 0.6) is 11.5 Å². The highest BCUT2D eigenvalue weighted by atomic mass is 16.5. The van der Waals surface area contributed by atoms with E-state index in [1.165, 1.54) is 0 Å². The van der Waals surface area contributed by atoms with E-state index >= 15 is 0 Å². The van der Waals surface area contributed by atoms with Gasteiger partial charge in [-0.25, -0.2) is 0 Å². The molecule has 0 spiro atoms. The van der Waals surface area contributed by atoms with Crippen LogP contribution in [0.3, 0.4) is 0 Å². The first-order valence-corrected chi connectivity index (χ1v) is 5.57. The van der Waals surface area contributed by atoms with Gasteiger partial charge < -0.3 is 14.6 Å². The lowest BCUT2D eigenvalue weighted by atomic mass is 10.1. The van der Waals surface area contributed by atoms with Crippen molar-refractivity contribution in [3.63, 3.8) is 0 Å². The summed E-state index contributed by atoms with van der Waals surface area (Å²) in [6.07, 6.45) is 0.112. The third kappa shape index (κ3) is 4.01. The Morgan fingerprint density at radius 3 is 2.76 bits per heavy atom. The minimum absolute atomic E-state index is 0.508. The maximum Gasteiger partial charge on any atom is 0.128 e. The molecule has 0 fully saturated rings. The van der Waals surface area contributed by atoms with Gasteiger partial charge in [0.1, 0.15) is 11.5 Å². The van der Waals surface area contributed by atoms with Crippen molar-refractivity contribution in [3.8, 4) is 23.3 Å². The fourth-order valence-electron chi connectivity index (χ4n) is 1.45. The van der Waals surface area contributed by atoms with Crippen molar-refractivity contribution < 1.29 is 14.6 Å². The van der Waals surface area contributed by atoms with Gasteiger partial charge in [0, 0.05) is 18.1 Å². The Hall–Kier alpha value is -1.66. The quantitative estimate of drug-likeness (QED) is 0.628. The molecule has 0 aliphatic heterocycles. The van der Waals surface area contributed by atoms with Crippen LogP contribution in [-0.2, 0) is 0 Å². The summed E-state index contributed by atoms with van der Waals surface area (Å²) in [5, 5.41) is 9.62. The van der Waals surface area contributed by atoms with Crippen LogP contribution in [-0.4, -0.2) is 18.8 Å². The van der Waals surface area contributed by atoms with E-state index in [1.54, 1.807) is 33.1 Å². The predicted octanol–water partition coefficient (Wildman–Crippen LogP) is 2.54. The Morgan fingerprint density at radius 2 is 2.18 bits per heavy atom. The molecular weight excluding hydrogens is 216 g/mol. The highest BCUT2D eigenvalue weighted by molar-refractivity contribution is 5.41. The highest BCUT2D eigenvalue weighted by Crippen LogP contribution is 2.29. The van der Waals surface area contributed by atoms with Crippen LogP contribution in [0.2, 0.25) is 0 Å². The van der Waals surface area contributed by atoms with E-state index in [1.807, 2.05) is 6.07 Å². The Morgan fingerprint density at radius 1 is 1.41 bits per heavy atom. The predicted molar refractivity (Wildman–Crippen MR) is 67.2 cm³/mol. The molecule has 0 bridgehead atoms. The standard InChI is InChI=1S/C14H18O3/c1-4-5-6-9-17-14-10-12(16-3)7-8-13(14)11(2)15/h7-8,10-11,15H,6,9H2,1-3H3. The van der Waals surface area contributed by atoms with Crippen LogP contribution in [0, 0.1) is 11.8 Å². The molecule has 0 amide bonds. The average molecular weight is 234 g/mol. The first kappa shape index (κ1) is 13.4. The van der Waals surface area contributed by atoms with Crippen molar-refractivity contribution in [1.82, 2.24) is 0 Å². The SMILES string of the molecule is CC#CCCOc1cc(OC)ccc1C(C)O. The summed E-state index contributed by atoms with van der Waals surface area (Å²) in [4.78, 5) is 0. The number of hydrogen-bond donors (Lipinski definition) is 1. The van der Waals surface area contributed by atoms with E-state index < -0.39 is 6.10 Å². The van der Waals surface area contributed by atoms with Gasteiger partial charge in [0.25, 0.3) is 0 Å². The summed E-state index contributed by atoms with van der Waals surface area (Å²) in [5.74, 6) is 7.10. The molecule has 17 heavy (non-hydrogen) atoms. The number of aliphatic hydroxyl groups excluding tert-OH is 1. The fraction of sp³-hybridized carbons (Fsp3) is 0.429. The monoisotopic (exact) mass is 234 g/mol. The average Bonchev–Trinajstić information content (AvgIpc) is 2.34. The molecule has 1 unspecified atom stereocenters. The molecule has 0 aliphatic carbocycles. The molecule has 0 aliphatic rings. The maximum atomic E-state index is 9.62. The largest absolute Gasteiger partial charge is 0.497 e. The number of methoxy groups -OCH3 is 1. The Kier molecular flexibility index (Phi) is 5.38. The van der Waals surface area contributed by atoms with Gasteiger partial charge in [0.05, 0.1) is 19.8 Å². The third-order valence-corrected chi connectivity index (χ3v) is 2.33. The van der Waals surface area contributed by atoms with Crippen molar-refractivity contribution in [1.29, 1.82) is 0 Å². The van der Waals surface area contributed by atoms with Crippen LogP contribution in [0.25, 0.3) is 0 Å². The molecule has 1 atom stereocenters. The van der Waals surface area contributed by atoms with E-state index in [4.69, 9.17) is 9.47 Å².